The fraction of sp³-hybridized carbons (Fsp3) is 0.842. The molecule has 6 nitrogen and oxygen atoms in total. The van der Waals surface area contributed by atoms with E-state index in [1.807, 2.05) is 6.92 Å². The molecule has 1 fully saturated rings. The van der Waals surface area contributed by atoms with Crippen molar-refractivity contribution in [3.63, 3.8) is 0 Å². The zero-order valence-corrected chi connectivity index (χ0v) is 29.9. The molecule has 0 saturated carbocycles. The number of hydrogen-bond donors (Lipinski definition) is 0. The van der Waals surface area contributed by atoms with Gasteiger partial charge < -0.3 is 14.2 Å². The minimum Gasteiger partial charge on any atom is -0.381 e. The summed E-state index contributed by atoms with van der Waals surface area (Å²) < 4.78 is 47.3. The van der Waals surface area contributed by atoms with Crippen LogP contribution in [0.25, 0.3) is 0 Å². The molecule has 1 saturated heterocycles. The summed E-state index contributed by atoms with van der Waals surface area (Å²) in [7, 11) is -3.65. The highest BCUT2D eigenvalue weighted by molar-refractivity contribution is 7.86. The summed E-state index contributed by atoms with van der Waals surface area (Å²) in [6.45, 7) is 8.34. The van der Waals surface area contributed by atoms with Crippen LogP contribution in [0.1, 0.15) is 154 Å². The number of ether oxygens (including phenoxy) is 3. The maximum absolute atomic E-state index is 12.2. The van der Waals surface area contributed by atoms with E-state index in [1.54, 1.807) is 24.3 Å². The molecule has 1 aliphatic heterocycles. The first-order valence-corrected chi connectivity index (χ1v) is 20.1. The van der Waals surface area contributed by atoms with Gasteiger partial charge in [-0.05, 0) is 44.7 Å². The van der Waals surface area contributed by atoms with Gasteiger partial charge in [0.2, 0.25) is 0 Å². The van der Waals surface area contributed by atoms with E-state index in [4.69, 9.17) is 18.4 Å². The van der Waals surface area contributed by atoms with E-state index in [1.165, 1.54) is 96.3 Å². The average molecular weight is 653 g/mol. The molecule has 2 rings (SSSR count). The molecule has 1 aliphatic rings. The van der Waals surface area contributed by atoms with Crippen molar-refractivity contribution in [2.24, 2.45) is 5.92 Å². The molecule has 1 aromatic rings. The lowest BCUT2D eigenvalue weighted by atomic mass is 10.0. The van der Waals surface area contributed by atoms with E-state index in [0.29, 0.717) is 12.5 Å². The van der Waals surface area contributed by atoms with E-state index in [0.717, 1.165) is 76.9 Å². The second-order valence-corrected chi connectivity index (χ2v) is 15.0. The fourth-order valence-electron chi connectivity index (χ4n) is 6.01. The maximum Gasteiger partial charge on any atom is 0.296 e. The van der Waals surface area contributed by atoms with Crippen LogP contribution in [0.2, 0.25) is 0 Å². The Morgan fingerprint density at radius 1 is 0.622 bits per heavy atom. The molecule has 1 heterocycles. The molecule has 0 spiro atoms. The molecule has 2 atom stereocenters. The Kier molecular flexibility index (Phi) is 24.1. The molecule has 45 heavy (non-hydrogen) atoms. The van der Waals surface area contributed by atoms with Gasteiger partial charge in [0.1, 0.15) is 0 Å². The normalized spacial score (nSPS) is 16.9. The van der Waals surface area contributed by atoms with Crippen molar-refractivity contribution in [2.75, 3.05) is 39.6 Å². The second kappa shape index (κ2) is 27.0. The lowest BCUT2D eigenvalue weighted by molar-refractivity contribution is 0.0141. The van der Waals surface area contributed by atoms with Crippen LogP contribution in [0.4, 0.5) is 0 Å². The van der Waals surface area contributed by atoms with Gasteiger partial charge >= 0.3 is 0 Å². The maximum atomic E-state index is 12.2. The number of rotatable bonds is 31. The minimum atomic E-state index is -3.65. The monoisotopic (exact) mass is 652 g/mol. The van der Waals surface area contributed by atoms with Crippen molar-refractivity contribution >= 4 is 10.1 Å². The summed E-state index contributed by atoms with van der Waals surface area (Å²) in [5.41, 5.74) is 1.03. The van der Waals surface area contributed by atoms with Gasteiger partial charge in [-0.15, -0.1) is 0 Å². The molecular formula is C38H68O6S. The molecule has 0 aliphatic carbocycles. The number of hydrogen-bond acceptors (Lipinski definition) is 6. The van der Waals surface area contributed by atoms with Gasteiger partial charge in [0.25, 0.3) is 10.1 Å². The van der Waals surface area contributed by atoms with Crippen molar-refractivity contribution in [1.29, 1.82) is 0 Å². The Morgan fingerprint density at radius 2 is 1.07 bits per heavy atom. The van der Waals surface area contributed by atoms with Gasteiger partial charge in [-0.25, -0.2) is 0 Å². The number of benzene rings is 1. The summed E-state index contributed by atoms with van der Waals surface area (Å²) in [4.78, 5) is 0.224. The van der Waals surface area contributed by atoms with Crippen molar-refractivity contribution < 1.29 is 26.8 Å². The first-order valence-electron chi connectivity index (χ1n) is 18.7. The molecule has 0 amide bonds. The van der Waals surface area contributed by atoms with Gasteiger partial charge in [-0.1, -0.05) is 140 Å². The summed E-state index contributed by atoms with van der Waals surface area (Å²) >= 11 is 0. The lowest BCUT2D eigenvalue weighted by Crippen LogP contribution is -2.15. The van der Waals surface area contributed by atoms with E-state index < -0.39 is 10.1 Å². The predicted octanol–water partition coefficient (Wildman–Crippen LogP) is 10.4. The van der Waals surface area contributed by atoms with Gasteiger partial charge in [-0.2, -0.15) is 8.42 Å². The molecule has 0 radical (unpaired) electrons. The first kappa shape index (κ1) is 40.2. The van der Waals surface area contributed by atoms with E-state index in [9.17, 15) is 8.42 Å². The Bertz CT molecular complexity index is 903. The number of unbranched alkanes of at least 4 members (excludes halogenated alkanes) is 19. The molecule has 0 unspecified atom stereocenters. The predicted molar refractivity (Wildman–Crippen MR) is 186 cm³/mol. The van der Waals surface area contributed by atoms with E-state index >= 15 is 0 Å². The standard InChI is InChI=1S/C38H68O6S/c1-3-4-5-6-7-8-9-10-11-12-13-14-15-16-18-22-29-42-34-37-31-36(33-43-37)32-41-28-21-19-17-20-23-30-44-45(39,40)38-26-24-35(2)25-27-38/h24-27,36-37H,3-23,28-34H2,1-2H3/t36-,37-/m0/s1. The van der Waals surface area contributed by atoms with E-state index in [-0.39, 0.29) is 17.6 Å². The van der Waals surface area contributed by atoms with Crippen LogP contribution in [0.15, 0.2) is 29.2 Å². The van der Waals surface area contributed by atoms with Crippen LogP contribution in [-0.2, 0) is 28.5 Å². The van der Waals surface area contributed by atoms with Crippen LogP contribution >= 0.6 is 0 Å². The fourth-order valence-corrected chi connectivity index (χ4v) is 6.95. The third-order valence-corrected chi connectivity index (χ3v) is 10.3. The zero-order valence-electron chi connectivity index (χ0n) is 29.1. The Hall–Kier alpha value is -0.990. The third-order valence-electron chi connectivity index (χ3n) is 8.94. The third kappa shape index (κ3) is 21.5. The van der Waals surface area contributed by atoms with Crippen molar-refractivity contribution in [3.05, 3.63) is 29.8 Å². The number of aryl methyl sites for hydroxylation is 1. The molecule has 262 valence electrons. The Labute approximate surface area is 277 Å². The van der Waals surface area contributed by atoms with Crippen LogP contribution in [0.3, 0.4) is 0 Å². The summed E-state index contributed by atoms with van der Waals surface area (Å²) in [5, 5.41) is 0. The molecule has 1 aromatic carbocycles. The quantitative estimate of drug-likeness (QED) is 0.0587. The first-order chi connectivity index (χ1) is 22.0. The molecule has 7 heteroatoms. The van der Waals surface area contributed by atoms with Crippen LogP contribution in [-0.4, -0.2) is 54.2 Å². The summed E-state index contributed by atoms with van der Waals surface area (Å²) in [5.74, 6) is 0.474. The van der Waals surface area contributed by atoms with Crippen molar-refractivity contribution in [2.45, 2.75) is 166 Å². The highest BCUT2D eigenvalue weighted by Gasteiger charge is 2.25. The molecule has 0 N–H and O–H groups in total. The zero-order chi connectivity index (χ0) is 32.3. The molecule has 0 aromatic heterocycles. The highest BCUT2D eigenvalue weighted by atomic mass is 32.2. The van der Waals surface area contributed by atoms with Gasteiger partial charge in [-0.3, -0.25) is 4.18 Å². The molecule has 0 bridgehead atoms. The SMILES string of the molecule is CCCCCCCCCCCCCCCCCCOC[C@@H]1C[C@@H](COCCCCCCCOS(=O)(=O)c2ccc(C)cc2)CO1. The van der Waals surface area contributed by atoms with Gasteiger partial charge in [0.15, 0.2) is 0 Å². The summed E-state index contributed by atoms with van der Waals surface area (Å²) in [6.07, 6.45) is 28.4. The smallest absolute Gasteiger partial charge is 0.296 e. The van der Waals surface area contributed by atoms with Gasteiger partial charge in [0, 0.05) is 19.1 Å². The van der Waals surface area contributed by atoms with Crippen molar-refractivity contribution in [3.8, 4) is 0 Å². The van der Waals surface area contributed by atoms with Crippen LogP contribution < -0.4 is 0 Å². The van der Waals surface area contributed by atoms with E-state index in [2.05, 4.69) is 6.92 Å². The Morgan fingerprint density at radius 3 is 1.58 bits per heavy atom. The highest BCUT2D eigenvalue weighted by Crippen LogP contribution is 2.21. The van der Waals surface area contributed by atoms with Crippen LogP contribution in [0, 0.1) is 12.8 Å². The van der Waals surface area contributed by atoms with Crippen molar-refractivity contribution in [1.82, 2.24) is 0 Å². The largest absolute Gasteiger partial charge is 0.381 e. The second-order valence-electron chi connectivity index (χ2n) is 13.4. The van der Waals surface area contributed by atoms with Crippen LogP contribution in [0.5, 0.6) is 0 Å². The minimum absolute atomic E-state index is 0.219. The molecular weight excluding hydrogens is 584 g/mol. The lowest BCUT2D eigenvalue weighted by Gasteiger charge is -2.11. The average Bonchev–Trinajstić information content (AvgIpc) is 3.49. The Balaban J connectivity index is 1.27. The summed E-state index contributed by atoms with van der Waals surface area (Å²) in [6, 6.07) is 6.76. The van der Waals surface area contributed by atoms with Gasteiger partial charge in [0.05, 0.1) is 37.4 Å². The topological polar surface area (TPSA) is 71.1 Å².